The number of fused-ring (bicyclic) bond motifs is 2. The Labute approximate surface area is 198 Å². The summed E-state index contributed by atoms with van der Waals surface area (Å²) in [5.41, 5.74) is 2.10. The minimum Gasteiger partial charge on any atom is -0.550 e. The van der Waals surface area contributed by atoms with Crippen LogP contribution in [0.15, 0.2) is 42.5 Å². The number of carbonyl (C=O) groups excluding carboxylic acids is 2. The van der Waals surface area contributed by atoms with E-state index >= 15 is 0 Å². The highest BCUT2D eigenvalue weighted by molar-refractivity contribution is 7.18. The largest absolute Gasteiger partial charge is 0.550 e. The van der Waals surface area contributed by atoms with E-state index in [9.17, 15) is 14.7 Å². The van der Waals surface area contributed by atoms with Crippen molar-refractivity contribution in [3.05, 3.63) is 58.6 Å². The lowest BCUT2D eigenvalue weighted by Crippen LogP contribution is -2.39. The smallest absolute Gasteiger partial charge is 0.140 e. The molecule has 0 spiro atoms. The molecule has 0 N–H and O–H groups in total. The molecule has 0 unspecified atom stereocenters. The molecule has 0 bridgehead atoms. The van der Waals surface area contributed by atoms with Crippen LogP contribution in [0, 0.1) is 5.41 Å². The Balaban J connectivity index is 1.42. The Morgan fingerprint density at radius 1 is 1.12 bits per heavy atom. The molecule has 174 valence electrons. The highest BCUT2D eigenvalue weighted by atomic mass is 32.1. The molecule has 0 aliphatic heterocycles. The summed E-state index contributed by atoms with van der Waals surface area (Å²) >= 11 is 1.56. The number of quaternary nitrogens is 1. The van der Waals surface area contributed by atoms with Gasteiger partial charge in [-0.05, 0) is 42.2 Å². The molecule has 33 heavy (non-hydrogen) atoms. The number of aromatic nitrogens is 1. The number of carboxylic acid groups (broad SMARTS) is 1. The summed E-state index contributed by atoms with van der Waals surface area (Å²) in [5.74, 6) is -0.376. The quantitative estimate of drug-likeness (QED) is 0.429. The summed E-state index contributed by atoms with van der Waals surface area (Å²) in [7, 11) is 6.39. The molecule has 3 aromatic rings. The van der Waals surface area contributed by atoms with Crippen molar-refractivity contribution in [3.63, 3.8) is 0 Å². The molecule has 0 saturated heterocycles. The third-order valence-corrected chi connectivity index (χ3v) is 7.33. The molecule has 0 fully saturated rings. The second kappa shape index (κ2) is 9.23. The van der Waals surface area contributed by atoms with Crippen molar-refractivity contribution in [2.75, 3.05) is 34.3 Å². The fraction of sp³-hybridized carbons (Fsp3) is 0.423. The van der Waals surface area contributed by atoms with E-state index in [1.54, 1.807) is 11.3 Å². The lowest BCUT2D eigenvalue weighted by molar-refractivity contribution is -0.870. The van der Waals surface area contributed by atoms with Gasteiger partial charge in [-0.3, -0.25) is 4.79 Å². The Kier molecular flexibility index (Phi) is 6.54. The minimum absolute atomic E-state index is 0.0218. The molecule has 1 aliphatic carbocycles. The summed E-state index contributed by atoms with van der Waals surface area (Å²) < 4.78 is 7.76. The molecule has 0 amide bonds. The number of ether oxygens (including phenoxy) is 1. The number of aryl methyl sites for hydroxylation is 1. The van der Waals surface area contributed by atoms with E-state index in [0.29, 0.717) is 25.9 Å². The summed E-state index contributed by atoms with van der Waals surface area (Å²) in [6.45, 7) is 1.55. The molecular weight excluding hydrogens is 436 g/mol. The summed E-state index contributed by atoms with van der Waals surface area (Å²) in [6.07, 6.45) is 1.46. The topological polar surface area (TPSA) is 79.3 Å². The molecule has 2 aromatic carbocycles. The Morgan fingerprint density at radius 2 is 1.82 bits per heavy atom. The summed E-state index contributed by atoms with van der Waals surface area (Å²) in [4.78, 5) is 29.4. The first-order chi connectivity index (χ1) is 15.6. The Hall–Kier alpha value is -2.77. The Bertz CT molecular complexity index is 1150. The van der Waals surface area contributed by atoms with E-state index in [1.807, 2.05) is 42.5 Å². The van der Waals surface area contributed by atoms with Gasteiger partial charge in [0.1, 0.15) is 24.7 Å². The van der Waals surface area contributed by atoms with Gasteiger partial charge < -0.3 is 19.1 Å². The van der Waals surface area contributed by atoms with Crippen LogP contribution in [0.1, 0.15) is 29.0 Å². The molecule has 1 heterocycles. The van der Waals surface area contributed by atoms with Gasteiger partial charge in [0.2, 0.25) is 0 Å². The zero-order chi connectivity index (χ0) is 23.6. The number of aliphatic carboxylic acids is 1. The molecule has 0 atom stereocenters. The number of Topliss-reactive ketones (excluding diaryl/α,β-unsaturated/α-hetero) is 1. The number of benzene rings is 2. The van der Waals surface area contributed by atoms with Gasteiger partial charge in [0.25, 0.3) is 0 Å². The first-order valence-electron chi connectivity index (χ1n) is 11.3. The molecule has 1 aromatic heterocycles. The number of hydrogen-bond donors (Lipinski definition) is 0. The number of carbonyl (C=O) groups is 2. The highest BCUT2D eigenvalue weighted by Gasteiger charge is 2.42. The van der Waals surface area contributed by atoms with E-state index in [1.165, 1.54) is 0 Å². The van der Waals surface area contributed by atoms with Gasteiger partial charge in [-0.15, -0.1) is 11.3 Å². The van der Waals surface area contributed by atoms with Crippen molar-refractivity contribution in [2.45, 2.75) is 32.1 Å². The number of likely N-dealkylation sites (N-methyl/N-ethyl adjacent to an activating group) is 1. The highest BCUT2D eigenvalue weighted by Crippen LogP contribution is 2.41. The zero-order valence-corrected chi connectivity index (χ0v) is 20.2. The first-order valence-corrected chi connectivity index (χ1v) is 12.1. The zero-order valence-electron chi connectivity index (χ0n) is 19.4. The van der Waals surface area contributed by atoms with E-state index in [4.69, 9.17) is 4.74 Å². The van der Waals surface area contributed by atoms with Crippen molar-refractivity contribution in [2.24, 2.45) is 5.41 Å². The second-order valence-electron chi connectivity index (χ2n) is 9.97. The molecule has 7 heteroatoms. The maximum absolute atomic E-state index is 13.3. The molecule has 4 rings (SSSR count). The third-order valence-electron chi connectivity index (χ3n) is 6.25. The SMILES string of the molecule is C[N+](C)(C)CCOc1ccc2nc(CCC(=O)C3(CC(=O)[O-])Cc4ccccc4C3)sc2c1. The number of rotatable bonds is 10. The minimum atomic E-state index is -1.17. The third kappa shape index (κ3) is 5.60. The van der Waals surface area contributed by atoms with Crippen LogP contribution in [0.3, 0.4) is 0 Å². The average Bonchev–Trinajstić information content (AvgIpc) is 3.31. The van der Waals surface area contributed by atoms with Crippen LogP contribution in [-0.4, -0.2) is 55.5 Å². The number of carboxylic acids is 1. The van der Waals surface area contributed by atoms with E-state index in [2.05, 4.69) is 26.1 Å². The van der Waals surface area contributed by atoms with Crippen LogP contribution in [0.2, 0.25) is 0 Å². The lowest BCUT2D eigenvalue weighted by Gasteiger charge is -2.28. The fourth-order valence-electron chi connectivity index (χ4n) is 4.46. The van der Waals surface area contributed by atoms with Crippen LogP contribution in [0.25, 0.3) is 10.2 Å². The number of hydrogen-bond acceptors (Lipinski definition) is 6. The summed E-state index contributed by atoms with van der Waals surface area (Å²) in [6, 6.07) is 13.7. The van der Waals surface area contributed by atoms with E-state index < -0.39 is 11.4 Å². The Morgan fingerprint density at radius 3 is 2.45 bits per heavy atom. The number of ketones is 1. The van der Waals surface area contributed by atoms with Crippen LogP contribution >= 0.6 is 11.3 Å². The van der Waals surface area contributed by atoms with E-state index in [0.717, 1.165) is 43.1 Å². The molecule has 0 saturated carbocycles. The lowest BCUT2D eigenvalue weighted by atomic mass is 9.76. The maximum Gasteiger partial charge on any atom is 0.140 e. The number of thiazole rings is 1. The molecule has 0 radical (unpaired) electrons. The normalized spacial score (nSPS) is 14.9. The van der Waals surface area contributed by atoms with Gasteiger partial charge in [-0.25, -0.2) is 4.98 Å². The average molecular weight is 467 g/mol. The van der Waals surface area contributed by atoms with Crippen LogP contribution in [-0.2, 0) is 28.9 Å². The molecule has 6 nitrogen and oxygen atoms in total. The number of nitrogens with zero attached hydrogens (tertiary/aromatic N) is 2. The van der Waals surface area contributed by atoms with Gasteiger partial charge in [0.05, 0.1) is 36.4 Å². The first kappa shape index (κ1) is 23.4. The predicted octanol–water partition coefficient (Wildman–Crippen LogP) is 2.81. The van der Waals surface area contributed by atoms with Crippen LogP contribution in [0.4, 0.5) is 0 Å². The van der Waals surface area contributed by atoms with Gasteiger partial charge in [0, 0.05) is 30.6 Å². The molecule has 1 aliphatic rings. The standard InChI is InChI=1S/C26H30N2O4S/c1-28(2,3)12-13-32-20-8-9-21-22(14-20)33-24(27-21)11-10-23(29)26(17-25(30)31)15-18-6-4-5-7-19(18)16-26/h4-9,14H,10-13,15-17H2,1-3H3. The van der Waals surface area contributed by atoms with Gasteiger partial charge in [0.15, 0.2) is 0 Å². The fourth-order valence-corrected chi connectivity index (χ4v) is 5.46. The van der Waals surface area contributed by atoms with Gasteiger partial charge >= 0.3 is 0 Å². The van der Waals surface area contributed by atoms with Crippen molar-refractivity contribution in [1.82, 2.24) is 4.98 Å². The maximum atomic E-state index is 13.3. The predicted molar refractivity (Wildman–Crippen MR) is 127 cm³/mol. The second-order valence-corrected chi connectivity index (χ2v) is 11.1. The van der Waals surface area contributed by atoms with E-state index in [-0.39, 0.29) is 18.6 Å². The monoisotopic (exact) mass is 466 g/mol. The van der Waals surface area contributed by atoms with Gasteiger partial charge in [-0.1, -0.05) is 24.3 Å². The van der Waals surface area contributed by atoms with Crippen molar-refractivity contribution in [1.29, 1.82) is 0 Å². The van der Waals surface area contributed by atoms with Crippen LogP contribution < -0.4 is 9.84 Å². The van der Waals surface area contributed by atoms with Crippen molar-refractivity contribution >= 4 is 33.3 Å². The van der Waals surface area contributed by atoms with Crippen molar-refractivity contribution < 1.29 is 23.9 Å². The van der Waals surface area contributed by atoms with Crippen LogP contribution in [0.5, 0.6) is 5.75 Å². The van der Waals surface area contributed by atoms with Crippen molar-refractivity contribution in [3.8, 4) is 5.75 Å². The molecular formula is C26H30N2O4S. The summed E-state index contributed by atoms with van der Waals surface area (Å²) in [5, 5.41) is 12.4. The van der Waals surface area contributed by atoms with Gasteiger partial charge in [-0.2, -0.15) is 0 Å².